The van der Waals surface area contributed by atoms with Crippen LogP contribution in [-0.2, 0) is 4.79 Å². The number of anilines is 1. The van der Waals surface area contributed by atoms with Crippen molar-refractivity contribution in [3.63, 3.8) is 0 Å². The highest BCUT2D eigenvalue weighted by Gasteiger charge is 2.29. The minimum atomic E-state index is -0.831. The highest BCUT2D eigenvalue weighted by molar-refractivity contribution is 5.98. The van der Waals surface area contributed by atoms with Gasteiger partial charge in [0, 0.05) is 5.69 Å². The molecule has 1 heterocycles. The van der Waals surface area contributed by atoms with Crippen LogP contribution < -0.4 is 11.1 Å². The number of nitrogens with two attached hydrogens (primary N) is 1. The summed E-state index contributed by atoms with van der Waals surface area (Å²) in [6.45, 7) is 5.76. The van der Waals surface area contributed by atoms with Gasteiger partial charge in [-0.3, -0.25) is 4.79 Å². The second-order valence-corrected chi connectivity index (χ2v) is 5.07. The molecule has 0 bridgehead atoms. The second kappa shape index (κ2) is 6.01. The third-order valence-electron chi connectivity index (χ3n) is 3.76. The molecule has 2 aromatic rings. The Hall–Kier alpha value is -2.28. The van der Waals surface area contributed by atoms with E-state index in [0.717, 1.165) is 11.3 Å². The fourth-order valence-corrected chi connectivity index (χ4v) is 2.09. The van der Waals surface area contributed by atoms with Crippen LogP contribution in [-0.4, -0.2) is 31.7 Å². The monoisotopic (exact) mass is 288 g/mol. The molecule has 1 amide bonds. The number of aromatic nitrogens is 4. The van der Waals surface area contributed by atoms with Crippen LogP contribution in [0.3, 0.4) is 0 Å². The van der Waals surface area contributed by atoms with Crippen molar-refractivity contribution in [1.29, 1.82) is 0 Å². The van der Waals surface area contributed by atoms with Crippen molar-refractivity contribution in [1.82, 2.24) is 20.2 Å². The van der Waals surface area contributed by atoms with E-state index < -0.39 is 5.54 Å². The molecule has 2 rings (SSSR count). The summed E-state index contributed by atoms with van der Waals surface area (Å²) < 4.78 is 1.58. The maximum Gasteiger partial charge on any atom is 0.244 e. The quantitative estimate of drug-likeness (QED) is 0.867. The molecule has 21 heavy (non-hydrogen) atoms. The Morgan fingerprint density at radius 1 is 1.38 bits per heavy atom. The van der Waals surface area contributed by atoms with Gasteiger partial charge in [-0.2, -0.15) is 0 Å². The summed E-state index contributed by atoms with van der Waals surface area (Å²) >= 11 is 0. The standard InChI is InChI=1S/C14H20N6O/c1-4-14(15,5-2)13(21)17-11-6-7-12(10(3)8-11)20-9-16-18-19-20/h6-9H,4-5,15H2,1-3H3,(H,17,21). The molecule has 0 aliphatic carbocycles. The topological polar surface area (TPSA) is 98.7 Å². The molecule has 0 aliphatic rings. The molecule has 1 aromatic heterocycles. The van der Waals surface area contributed by atoms with Crippen molar-refractivity contribution in [3.8, 4) is 5.69 Å². The Morgan fingerprint density at radius 3 is 2.62 bits per heavy atom. The third-order valence-corrected chi connectivity index (χ3v) is 3.76. The fraction of sp³-hybridized carbons (Fsp3) is 0.429. The van der Waals surface area contributed by atoms with Crippen LogP contribution in [0.1, 0.15) is 32.3 Å². The van der Waals surface area contributed by atoms with Crippen molar-refractivity contribution < 1.29 is 4.79 Å². The lowest BCUT2D eigenvalue weighted by molar-refractivity contribution is -0.121. The molecule has 0 unspecified atom stereocenters. The molecule has 0 spiro atoms. The van der Waals surface area contributed by atoms with Crippen LogP contribution in [0.2, 0.25) is 0 Å². The molecular weight excluding hydrogens is 268 g/mol. The zero-order valence-corrected chi connectivity index (χ0v) is 12.5. The van der Waals surface area contributed by atoms with Gasteiger partial charge in [0.25, 0.3) is 0 Å². The van der Waals surface area contributed by atoms with E-state index in [1.807, 2.05) is 39.0 Å². The summed E-state index contributed by atoms with van der Waals surface area (Å²) in [7, 11) is 0. The van der Waals surface area contributed by atoms with Gasteiger partial charge in [-0.25, -0.2) is 4.68 Å². The van der Waals surface area contributed by atoms with E-state index in [0.29, 0.717) is 18.5 Å². The number of aryl methyl sites for hydroxylation is 1. The molecule has 3 N–H and O–H groups in total. The smallest absolute Gasteiger partial charge is 0.244 e. The number of rotatable bonds is 5. The Bertz CT molecular complexity index is 618. The number of carbonyl (C=O) groups excluding carboxylic acids is 1. The van der Waals surface area contributed by atoms with Gasteiger partial charge in [-0.15, -0.1) is 5.10 Å². The number of hydrogen-bond donors (Lipinski definition) is 2. The van der Waals surface area contributed by atoms with E-state index in [1.54, 1.807) is 4.68 Å². The maximum absolute atomic E-state index is 12.2. The molecule has 0 saturated heterocycles. The zero-order chi connectivity index (χ0) is 15.5. The van der Waals surface area contributed by atoms with Crippen molar-refractivity contribution in [2.75, 3.05) is 5.32 Å². The number of nitrogens with one attached hydrogen (secondary N) is 1. The van der Waals surface area contributed by atoms with E-state index in [4.69, 9.17) is 5.73 Å². The number of amides is 1. The largest absolute Gasteiger partial charge is 0.324 e. The fourth-order valence-electron chi connectivity index (χ4n) is 2.09. The Kier molecular flexibility index (Phi) is 4.32. The van der Waals surface area contributed by atoms with Gasteiger partial charge in [0.05, 0.1) is 11.2 Å². The number of benzene rings is 1. The summed E-state index contributed by atoms with van der Waals surface area (Å²) in [4.78, 5) is 12.2. The Labute approximate surface area is 123 Å². The van der Waals surface area contributed by atoms with Gasteiger partial charge in [0.15, 0.2) is 0 Å². The molecule has 0 aliphatic heterocycles. The first-order valence-corrected chi connectivity index (χ1v) is 6.94. The number of tetrazole rings is 1. The summed E-state index contributed by atoms with van der Waals surface area (Å²) in [5.41, 5.74) is 7.79. The van der Waals surface area contributed by atoms with E-state index in [-0.39, 0.29) is 5.91 Å². The SMILES string of the molecule is CCC(N)(CC)C(=O)Nc1ccc(-n2cnnn2)c(C)c1. The Balaban J connectivity index is 2.20. The molecular formula is C14H20N6O. The first kappa shape index (κ1) is 15.1. The highest BCUT2D eigenvalue weighted by Crippen LogP contribution is 2.20. The van der Waals surface area contributed by atoms with Gasteiger partial charge in [0.1, 0.15) is 6.33 Å². The summed E-state index contributed by atoms with van der Waals surface area (Å²) in [6, 6.07) is 5.55. The molecule has 7 heteroatoms. The molecule has 112 valence electrons. The minimum absolute atomic E-state index is 0.165. The number of hydrogen-bond acceptors (Lipinski definition) is 5. The van der Waals surface area contributed by atoms with E-state index in [1.165, 1.54) is 6.33 Å². The highest BCUT2D eigenvalue weighted by atomic mass is 16.2. The molecule has 1 aromatic carbocycles. The van der Waals surface area contributed by atoms with Gasteiger partial charge in [0.2, 0.25) is 5.91 Å². The van der Waals surface area contributed by atoms with Crippen LogP contribution in [0.15, 0.2) is 24.5 Å². The van der Waals surface area contributed by atoms with Crippen molar-refractivity contribution >= 4 is 11.6 Å². The average molecular weight is 288 g/mol. The van der Waals surface area contributed by atoms with E-state index >= 15 is 0 Å². The molecule has 0 atom stereocenters. The normalized spacial score (nSPS) is 11.4. The van der Waals surface area contributed by atoms with Crippen molar-refractivity contribution in [2.24, 2.45) is 5.73 Å². The maximum atomic E-state index is 12.2. The van der Waals surface area contributed by atoms with Crippen LogP contribution in [0, 0.1) is 6.92 Å². The molecule has 0 fully saturated rings. The van der Waals surface area contributed by atoms with Gasteiger partial charge >= 0.3 is 0 Å². The lowest BCUT2D eigenvalue weighted by atomic mass is 9.93. The van der Waals surface area contributed by atoms with Gasteiger partial charge in [-0.05, 0) is 54.0 Å². The summed E-state index contributed by atoms with van der Waals surface area (Å²) in [5, 5.41) is 13.9. The van der Waals surface area contributed by atoms with Crippen LogP contribution >= 0.6 is 0 Å². The van der Waals surface area contributed by atoms with E-state index in [2.05, 4.69) is 20.8 Å². The summed E-state index contributed by atoms with van der Waals surface area (Å²) in [6.07, 6.45) is 2.72. The lowest BCUT2D eigenvalue weighted by Gasteiger charge is -2.25. The first-order chi connectivity index (χ1) is 10.00. The van der Waals surface area contributed by atoms with Gasteiger partial charge in [-0.1, -0.05) is 13.8 Å². The third kappa shape index (κ3) is 3.08. The van der Waals surface area contributed by atoms with Crippen LogP contribution in [0.5, 0.6) is 0 Å². The number of nitrogens with zero attached hydrogens (tertiary/aromatic N) is 4. The number of carbonyl (C=O) groups is 1. The predicted octanol–water partition coefficient (Wildman–Crippen LogP) is 1.43. The molecule has 0 radical (unpaired) electrons. The van der Waals surface area contributed by atoms with Crippen molar-refractivity contribution in [2.45, 2.75) is 39.2 Å². The molecule has 0 saturated carbocycles. The van der Waals surface area contributed by atoms with E-state index in [9.17, 15) is 4.79 Å². The second-order valence-electron chi connectivity index (χ2n) is 5.07. The average Bonchev–Trinajstić information content (AvgIpc) is 3.00. The predicted molar refractivity (Wildman–Crippen MR) is 80.0 cm³/mol. The summed E-state index contributed by atoms with van der Waals surface area (Å²) in [5.74, 6) is -0.165. The van der Waals surface area contributed by atoms with Crippen molar-refractivity contribution in [3.05, 3.63) is 30.1 Å². The van der Waals surface area contributed by atoms with Crippen LogP contribution in [0.4, 0.5) is 5.69 Å². The minimum Gasteiger partial charge on any atom is -0.324 e. The van der Waals surface area contributed by atoms with Gasteiger partial charge < -0.3 is 11.1 Å². The van der Waals surface area contributed by atoms with Crippen LogP contribution in [0.25, 0.3) is 5.69 Å². The zero-order valence-electron chi connectivity index (χ0n) is 12.5. The first-order valence-electron chi connectivity index (χ1n) is 6.94. The lowest BCUT2D eigenvalue weighted by Crippen LogP contribution is -2.50. The Morgan fingerprint density at radius 2 is 2.10 bits per heavy atom. The molecule has 7 nitrogen and oxygen atoms in total.